The fourth-order valence-corrected chi connectivity index (χ4v) is 5.99. The van der Waals surface area contributed by atoms with Crippen LogP contribution < -0.4 is 10.6 Å². The maximum absolute atomic E-state index is 12.6. The molecule has 0 saturated carbocycles. The zero-order chi connectivity index (χ0) is 25.4. The molecule has 2 amide bonds. The van der Waals surface area contributed by atoms with E-state index < -0.39 is 0 Å². The Hall–Kier alpha value is -3.89. The first-order valence-electron chi connectivity index (χ1n) is 12.4. The molecule has 1 atom stereocenters. The highest BCUT2D eigenvalue weighted by Gasteiger charge is 2.30. The van der Waals surface area contributed by atoms with E-state index in [4.69, 9.17) is 9.84 Å². The third-order valence-corrected chi connectivity index (χ3v) is 7.66. The largest absolute Gasteiger partial charge is 0.381 e. The summed E-state index contributed by atoms with van der Waals surface area (Å²) in [6, 6.07) is 11.6. The Labute approximate surface area is 217 Å². The van der Waals surface area contributed by atoms with Gasteiger partial charge in [0.15, 0.2) is 5.13 Å². The molecule has 1 fully saturated rings. The number of carbonyl (C=O) groups excluding carboxylic acids is 2. The van der Waals surface area contributed by atoms with Crippen molar-refractivity contribution in [2.75, 3.05) is 23.8 Å². The summed E-state index contributed by atoms with van der Waals surface area (Å²) in [6.45, 7) is 2.68. The van der Waals surface area contributed by atoms with Crippen LogP contribution in [0.3, 0.4) is 0 Å². The molecule has 188 valence electrons. The number of aryl methyl sites for hydroxylation is 1. The molecule has 1 unspecified atom stereocenters. The number of amides is 2. The van der Waals surface area contributed by atoms with E-state index in [-0.39, 0.29) is 17.7 Å². The maximum Gasteiger partial charge on any atom is 0.229 e. The number of aromatic nitrogens is 4. The van der Waals surface area contributed by atoms with Gasteiger partial charge in [0.25, 0.3) is 0 Å². The van der Waals surface area contributed by atoms with Gasteiger partial charge in [-0.05, 0) is 62.1 Å². The molecule has 6 rings (SSSR count). The van der Waals surface area contributed by atoms with Gasteiger partial charge in [-0.2, -0.15) is 5.10 Å². The van der Waals surface area contributed by atoms with Crippen LogP contribution in [0.25, 0.3) is 27.5 Å². The van der Waals surface area contributed by atoms with Gasteiger partial charge in [-0.1, -0.05) is 11.3 Å². The molecule has 4 heterocycles. The first-order chi connectivity index (χ1) is 18.1. The Morgan fingerprint density at radius 3 is 2.73 bits per heavy atom. The van der Waals surface area contributed by atoms with Crippen LogP contribution in [0.2, 0.25) is 0 Å². The van der Waals surface area contributed by atoms with Crippen molar-refractivity contribution in [2.24, 2.45) is 5.92 Å². The Balaban J connectivity index is 1.37. The van der Waals surface area contributed by atoms with Crippen molar-refractivity contribution in [3.63, 3.8) is 0 Å². The molecule has 0 radical (unpaired) electrons. The number of rotatable bonds is 5. The summed E-state index contributed by atoms with van der Waals surface area (Å²) in [5.41, 5.74) is 6.51. The number of ether oxygens (including phenoxy) is 1. The van der Waals surface area contributed by atoms with Crippen LogP contribution in [0.1, 0.15) is 31.0 Å². The number of anilines is 2. The number of hydrogen-bond donors (Lipinski definition) is 2. The van der Waals surface area contributed by atoms with Gasteiger partial charge in [-0.15, -0.1) is 0 Å². The molecule has 37 heavy (non-hydrogen) atoms. The topological polar surface area (TPSA) is 111 Å². The minimum absolute atomic E-state index is 0.0115. The maximum atomic E-state index is 12.6. The third kappa shape index (κ3) is 4.65. The molecule has 1 aromatic carbocycles. The summed E-state index contributed by atoms with van der Waals surface area (Å²) in [5, 5.41) is 11.5. The zero-order valence-electron chi connectivity index (χ0n) is 20.4. The number of pyridine rings is 1. The molecule has 0 bridgehead atoms. The Kier molecular flexibility index (Phi) is 6.27. The van der Waals surface area contributed by atoms with Crippen molar-refractivity contribution in [3.8, 4) is 27.5 Å². The van der Waals surface area contributed by atoms with Crippen molar-refractivity contribution in [1.82, 2.24) is 19.7 Å². The predicted octanol–water partition coefficient (Wildman–Crippen LogP) is 4.48. The fourth-order valence-electron chi connectivity index (χ4n) is 4.87. The number of nitrogens with one attached hydrogen (secondary N) is 2. The molecule has 9 nitrogen and oxygen atoms in total. The monoisotopic (exact) mass is 514 g/mol. The number of benzene rings is 1. The highest BCUT2D eigenvalue weighted by Crippen LogP contribution is 2.44. The lowest BCUT2D eigenvalue weighted by Crippen LogP contribution is -2.30. The summed E-state index contributed by atoms with van der Waals surface area (Å²) >= 11 is 1.46. The van der Waals surface area contributed by atoms with Gasteiger partial charge in [0.05, 0.1) is 40.2 Å². The van der Waals surface area contributed by atoms with E-state index >= 15 is 0 Å². The Morgan fingerprint density at radius 1 is 1.14 bits per heavy atom. The highest BCUT2D eigenvalue weighted by atomic mass is 32.1. The van der Waals surface area contributed by atoms with Crippen LogP contribution in [0, 0.1) is 5.92 Å². The number of hydrogen-bond acceptors (Lipinski definition) is 7. The van der Waals surface area contributed by atoms with E-state index in [0.717, 1.165) is 76.8 Å². The number of fused-ring (bicyclic) bond motifs is 3. The summed E-state index contributed by atoms with van der Waals surface area (Å²) in [5.74, 6) is -0.271. The first kappa shape index (κ1) is 23.5. The fraction of sp³-hybridized carbons (Fsp3) is 0.296. The predicted molar refractivity (Wildman–Crippen MR) is 142 cm³/mol. The minimum atomic E-state index is -0.145. The van der Waals surface area contributed by atoms with Gasteiger partial charge in [-0.25, -0.2) is 9.67 Å². The van der Waals surface area contributed by atoms with Gasteiger partial charge < -0.3 is 15.4 Å². The summed E-state index contributed by atoms with van der Waals surface area (Å²) in [6.07, 6.45) is 6.88. The van der Waals surface area contributed by atoms with Crippen molar-refractivity contribution in [1.29, 1.82) is 0 Å². The minimum Gasteiger partial charge on any atom is -0.381 e. The number of carbonyl (C=O) groups is 2. The van der Waals surface area contributed by atoms with Crippen LogP contribution in [0.15, 0.2) is 48.8 Å². The van der Waals surface area contributed by atoms with Gasteiger partial charge in [0.2, 0.25) is 11.8 Å². The lowest BCUT2D eigenvalue weighted by molar-refractivity contribution is -0.123. The Morgan fingerprint density at radius 2 is 2.00 bits per heavy atom. The summed E-state index contributed by atoms with van der Waals surface area (Å²) in [4.78, 5) is 34.3. The third-order valence-electron chi connectivity index (χ3n) is 6.64. The van der Waals surface area contributed by atoms with Crippen molar-refractivity contribution < 1.29 is 14.3 Å². The van der Waals surface area contributed by atoms with Crippen LogP contribution in [0.4, 0.5) is 10.8 Å². The average Bonchev–Trinajstić information content (AvgIpc) is 3.51. The molecular formula is C27H26N6O3S. The molecule has 1 aliphatic carbocycles. The van der Waals surface area contributed by atoms with E-state index in [1.807, 2.05) is 47.3 Å². The molecule has 2 N–H and O–H groups in total. The molecule has 1 aliphatic heterocycles. The van der Waals surface area contributed by atoms with Gasteiger partial charge in [0, 0.05) is 42.7 Å². The lowest BCUT2D eigenvalue weighted by atomic mass is 9.95. The second kappa shape index (κ2) is 9.87. The molecule has 10 heteroatoms. The molecule has 3 aromatic heterocycles. The molecule has 4 aromatic rings. The molecule has 2 aliphatic rings. The van der Waals surface area contributed by atoms with Crippen molar-refractivity contribution >= 4 is 34.0 Å². The van der Waals surface area contributed by atoms with E-state index in [2.05, 4.69) is 20.6 Å². The van der Waals surface area contributed by atoms with Crippen molar-refractivity contribution in [3.05, 3.63) is 60.0 Å². The average molecular weight is 515 g/mol. The van der Waals surface area contributed by atoms with E-state index in [0.29, 0.717) is 11.7 Å². The second-order valence-corrected chi connectivity index (χ2v) is 10.3. The van der Waals surface area contributed by atoms with Gasteiger partial charge >= 0.3 is 0 Å². The van der Waals surface area contributed by atoms with Gasteiger partial charge in [0.1, 0.15) is 0 Å². The van der Waals surface area contributed by atoms with Gasteiger partial charge in [-0.3, -0.25) is 14.6 Å². The van der Waals surface area contributed by atoms with Crippen LogP contribution in [-0.2, 0) is 27.2 Å². The van der Waals surface area contributed by atoms with E-state index in [9.17, 15) is 9.59 Å². The number of thiazole rings is 1. The highest BCUT2D eigenvalue weighted by molar-refractivity contribution is 7.19. The zero-order valence-corrected chi connectivity index (χ0v) is 21.2. The van der Waals surface area contributed by atoms with Crippen molar-refractivity contribution in [2.45, 2.75) is 32.6 Å². The smallest absolute Gasteiger partial charge is 0.229 e. The Bertz CT molecular complexity index is 1460. The van der Waals surface area contributed by atoms with Crippen LogP contribution >= 0.6 is 11.3 Å². The normalized spacial score (nSPS) is 16.5. The van der Waals surface area contributed by atoms with Crippen LogP contribution in [-0.4, -0.2) is 44.8 Å². The SMILES string of the molecule is CC(=O)Nc1nc2c(s1)-c1c(c(-c3cccnc3)nn1-c1ccc(NC(=O)C3CCCOC3)cc1)CC2. The summed E-state index contributed by atoms with van der Waals surface area (Å²) in [7, 11) is 0. The second-order valence-electron chi connectivity index (χ2n) is 9.26. The van der Waals surface area contributed by atoms with E-state index in [1.54, 1.807) is 6.20 Å². The summed E-state index contributed by atoms with van der Waals surface area (Å²) < 4.78 is 7.39. The molecule has 1 saturated heterocycles. The number of nitrogens with zero attached hydrogens (tertiary/aromatic N) is 4. The molecule has 0 spiro atoms. The standard InChI is InChI=1S/C27H26N6O3S/c1-16(34)29-27-31-22-11-10-21-23(17-4-2-12-28-14-17)32-33(24(21)25(22)37-27)20-8-6-19(7-9-20)30-26(35)18-5-3-13-36-15-18/h2,4,6-9,12,14,18H,3,5,10-11,13,15H2,1H3,(H,30,35)(H,29,31,34). The van der Waals surface area contributed by atoms with E-state index in [1.165, 1.54) is 18.3 Å². The molecular weight excluding hydrogens is 488 g/mol. The first-order valence-corrected chi connectivity index (χ1v) is 13.2. The quantitative estimate of drug-likeness (QED) is 0.406. The lowest BCUT2D eigenvalue weighted by Gasteiger charge is -2.21. The van der Waals surface area contributed by atoms with Crippen LogP contribution in [0.5, 0.6) is 0 Å².